The summed E-state index contributed by atoms with van der Waals surface area (Å²) in [6, 6.07) is 0. The second kappa shape index (κ2) is 7.32. The third kappa shape index (κ3) is 5.79. The van der Waals surface area contributed by atoms with Crippen LogP contribution in [0.15, 0.2) is 0 Å². The number of alkyl halides is 3. The lowest BCUT2D eigenvalue weighted by Crippen LogP contribution is -2.15. The predicted octanol–water partition coefficient (Wildman–Crippen LogP) is 3.66. The van der Waals surface area contributed by atoms with Gasteiger partial charge in [0.15, 0.2) is 0 Å². The van der Waals surface area contributed by atoms with Crippen LogP contribution in [-0.4, -0.2) is 29.6 Å². The Kier molecular flexibility index (Phi) is 7.85. The van der Waals surface area contributed by atoms with Crippen molar-refractivity contribution in [1.82, 2.24) is 0 Å². The molecule has 7 heteroatoms. The minimum absolute atomic E-state index is 0.199. The van der Waals surface area contributed by atoms with Crippen LogP contribution in [0.1, 0.15) is 13.8 Å². The maximum Gasteiger partial charge on any atom is 0.345 e. The van der Waals surface area contributed by atoms with E-state index in [2.05, 4.69) is 0 Å². The van der Waals surface area contributed by atoms with Crippen molar-refractivity contribution in [3.63, 3.8) is 0 Å². The van der Waals surface area contributed by atoms with Gasteiger partial charge in [-0.3, -0.25) is 4.57 Å². The van der Waals surface area contributed by atoms with Gasteiger partial charge in [0, 0.05) is 11.8 Å². The van der Waals surface area contributed by atoms with Gasteiger partial charge in [0.2, 0.25) is 0 Å². The first-order valence-corrected chi connectivity index (χ1v) is 7.44. The topological polar surface area (TPSA) is 35.5 Å². The molecular weight excluding hydrogens is 269 g/mol. The Morgan fingerprint density at radius 1 is 1.07 bits per heavy atom. The summed E-state index contributed by atoms with van der Waals surface area (Å²) >= 11 is 16.5. The minimum atomic E-state index is -3.25. The Balaban J connectivity index is 4.25. The van der Waals surface area contributed by atoms with E-state index in [9.17, 15) is 4.57 Å². The van der Waals surface area contributed by atoms with Crippen molar-refractivity contribution in [3.8, 4) is 0 Å². The van der Waals surface area contributed by atoms with E-state index in [1.807, 2.05) is 0 Å². The lowest BCUT2D eigenvalue weighted by molar-refractivity contribution is 0.148. The molecule has 0 aliphatic carbocycles. The van der Waals surface area contributed by atoms with Gasteiger partial charge in [0.25, 0.3) is 0 Å². The fraction of sp³-hybridized carbons (Fsp3) is 1.00. The SMILES string of the molecule is C[C@@H](CCl)OP(=O)(CCl)O[C@@H](C)CCl. The van der Waals surface area contributed by atoms with Gasteiger partial charge in [-0.05, 0) is 13.8 Å². The van der Waals surface area contributed by atoms with Crippen molar-refractivity contribution in [2.75, 3.05) is 17.4 Å². The summed E-state index contributed by atoms with van der Waals surface area (Å²) in [7, 11) is -3.25. The largest absolute Gasteiger partial charge is 0.345 e. The third-order valence-corrected chi connectivity index (χ3v) is 4.66. The molecule has 2 atom stereocenters. The highest BCUT2D eigenvalue weighted by atomic mass is 35.5. The van der Waals surface area contributed by atoms with Gasteiger partial charge >= 0.3 is 7.60 Å². The maximum absolute atomic E-state index is 11.8. The van der Waals surface area contributed by atoms with Gasteiger partial charge in [0.1, 0.15) is 5.62 Å². The fourth-order valence-electron chi connectivity index (χ4n) is 0.686. The molecule has 0 N–H and O–H groups in total. The van der Waals surface area contributed by atoms with Gasteiger partial charge in [0.05, 0.1) is 12.2 Å². The van der Waals surface area contributed by atoms with E-state index < -0.39 is 7.60 Å². The molecule has 0 aromatic carbocycles. The van der Waals surface area contributed by atoms with Crippen molar-refractivity contribution < 1.29 is 13.6 Å². The van der Waals surface area contributed by atoms with E-state index in [1.165, 1.54) is 0 Å². The zero-order chi connectivity index (χ0) is 11.2. The Bertz CT molecular complexity index is 187. The molecule has 0 saturated heterocycles. The van der Waals surface area contributed by atoms with Crippen LogP contribution < -0.4 is 0 Å². The Morgan fingerprint density at radius 2 is 1.43 bits per heavy atom. The van der Waals surface area contributed by atoms with Crippen LogP contribution in [-0.2, 0) is 13.6 Å². The zero-order valence-corrected chi connectivity index (χ0v) is 11.2. The van der Waals surface area contributed by atoms with E-state index in [1.54, 1.807) is 13.8 Å². The van der Waals surface area contributed by atoms with E-state index in [-0.39, 0.29) is 29.6 Å². The zero-order valence-electron chi connectivity index (χ0n) is 8.08. The van der Waals surface area contributed by atoms with Crippen molar-refractivity contribution in [2.24, 2.45) is 0 Å². The highest BCUT2D eigenvalue weighted by Gasteiger charge is 2.28. The number of halogens is 3. The molecule has 3 nitrogen and oxygen atoms in total. The molecule has 0 heterocycles. The molecule has 0 radical (unpaired) electrons. The second-order valence-electron chi connectivity index (χ2n) is 2.87. The van der Waals surface area contributed by atoms with Gasteiger partial charge in [-0.15, -0.1) is 34.8 Å². The van der Waals surface area contributed by atoms with Crippen molar-refractivity contribution in [2.45, 2.75) is 26.1 Å². The van der Waals surface area contributed by atoms with Crippen molar-refractivity contribution in [1.29, 1.82) is 0 Å². The van der Waals surface area contributed by atoms with Crippen LogP contribution >= 0.6 is 42.4 Å². The lowest BCUT2D eigenvalue weighted by Gasteiger charge is -2.22. The summed E-state index contributed by atoms with van der Waals surface area (Å²) in [4.78, 5) is 0. The van der Waals surface area contributed by atoms with Crippen molar-refractivity contribution >= 4 is 42.4 Å². The van der Waals surface area contributed by atoms with E-state index in [0.717, 1.165) is 0 Å². The molecule has 86 valence electrons. The molecule has 0 rings (SSSR count). The Labute approximate surface area is 99.5 Å². The summed E-state index contributed by atoms with van der Waals surface area (Å²) in [6.45, 7) is 3.39. The van der Waals surface area contributed by atoms with Gasteiger partial charge in [-0.25, -0.2) is 0 Å². The van der Waals surface area contributed by atoms with Crippen LogP contribution in [0.4, 0.5) is 0 Å². The Morgan fingerprint density at radius 3 is 1.64 bits per heavy atom. The first kappa shape index (κ1) is 15.0. The normalized spacial score (nSPS) is 16.6. The fourth-order valence-corrected chi connectivity index (χ4v) is 2.73. The van der Waals surface area contributed by atoms with Crippen molar-refractivity contribution in [3.05, 3.63) is 0 Å². The predicted molar refractivity (Wildman–Crippen MR) is 60.9 cm³/mol. The lowest BCUT2D eigenvalue weighted by atomic mass is 10.5. The first-order valence-electron chi connectivity index (χ1n) is 4.11. The van der Waals surface area contributed by atoms with Crippen LogP contribution in [0.25, 0.3) is 0 Å². The molecule has 0 aromatic heterocycles. The van der Waals surface area contributed by atoms with Crippen LogP contribution in [0, 0.1) is 0 Å². The molecule has 0 aliphatic rings. The highest BCUT2D eigenvalue weighted by Crippen LogP contribution is 2.51. The molecule has 0 unspecified atom stereocenters. The number of rotatable bonds is 7. The molecule has 0 saturated carbocycles. The summed E-state index contributed by atoms with van der Waals surface area (Å²) in [5.41, 5.74) is -0.199. The van der Waals surface area contributed by atoms with Gasteiger partial charge < -0.3 is 9.05 Å². The third-order valence-electron chi connectivity index (χ3n) is 1.26. The smallest absolute Gasteiger partial charge is 0.303 e. The maximum atomic E-state index is 11.8. The van der Waals surface area contributed by atoms with E-state index >= 15 is 0 Å². The summed E-state index contributed by atoms with van der Waals surface area (Å²) in [5, 5.41) is 0. The van der Waals surface area contributed by atoms with Crippen LogP contribution in [0.2, 0.25) is 0 Å². The average molecular weight is 284 g/mol. The summed E-state index contributed by atoms with van der Waals surface area (Å²) in [5.74, 6) is 0.471. The van der Waals surface area contributed by atoms with E-state index in [4.69, 9.17) is 43.9 Å². The molecule has 0 aromatic rings. The van der Waals surface area contributed by atoms with Gasteiger partial charge in [-0.1, -0.05) is 0 Å². The van der Waals surface area contributed by atoms with Crippen LogP contribution in [0.5, 0.6) is 0 Å². The van der Waals surface area contributed by atoms with Gasteiger partial charge in [-0.2, -0.15) is 0 Å². The molecular formula is C7H14Cl3O3P. The number of hydrogen-bond donors (Lipinski definition) is 0. The molecule has 0 amide bonds. The second-order valence-corrected chi connectivity index (χ2v) is 6.09. The minimum Gasteiger partial charge on any atom is -0.303 e. The molecule has 0 spiro atoms. The van der Waals surface area contributed by atoms with E-state index in [0.29, 0.717) is 0 Å². The molecule has 0 aliphatic heterocycles. The average Bonchev–Trinajstić information content (AvgIpc) is 2.17. The molecule has 0 fully saturated rings. The standard InChI is InChI=1S/C7H14Cl3O3P/c1-6(3-8)12-14(11,5-10)13-7(2)4-9/h6-7H,3-5H2,1-2H3/t6-,7-/m0/s1. The quantitative estimate of drug-likeness (QED) is 0.528. The molecule has 0 bridgehead atoms. The monoisotopic (exact) mass is 282 g/mol. The van der Waals surface area contributed by atoms with Crippen LogP contribution in [0.3, 0.4) is 0 Å². The Hall–Kier alpha value is 1.02. The summed E-state index contributed by atoms with van der Waals surface area (Å²) in [6.07, 6.45) is -0.715. The summed E-state index contributed by atoms with van der Waals surface area (Å²) < 4.78 is 22.1. The number of hydrogen-bond acceptors (Lipinski definition) is 3. The highest BCUT2D eigenvalue weighted by molar-refractivity contribution is 7.55. The molecule has 14 heavy (non-hydrogen) atoms. The first-order chi connectivity index (χ1) is 6.47.